The summed E-state index contributed by atoms with van der Waals surface area (Å²) < 4.78 is 9.65. The van der Waals surface area contributed by atoms with E-state index < -0.39 is 0 Å². The highest BCUT2D eigenvalue weighted by atomic mass is 15.0. The van der Waals surface area contributed by atoms with Crippen molar-refractivity contribution in [3.8, 4) is 101 Å². The Morgan fingerprint density at radius 3 is 0.620 bits per heavy atom. The Morgan fingerprint density at radius 1 is 0.110 bits per heavy atom. The smallest absolute Gasteiger partial charge is 0.0541 e. The molecule has 0 fully saturated rings. The molecule has 0 aliphatic heterocycles. The molecule has 0 spiro atoms. The third kappa shape index (κ3) is 9.45. The predicted molar refractivity (Wildman–Crippen MR) is 422 cm³/mol. The lowest BCUT2D eigenvalue weighted by Gasteiger charge is -2.11. The normalized spacial score (nSPS) is 11.8. The van der Waals surface area contributed by atoms with Crippen molar-refractivity contribution in [1.29, 1.82) is 0 Å². The van der Waals surface area contributed by atoms with Gasteiger partial charge >= 0.3 is 0 Å². The lowest BCUT2D eigenvalue weighted by atomic mass is 9.96. The van der Waals surface area contributed by atoms with Crippen LogP contribution in [0, 0.1) is 0 Å². The Hall–Kier alpha value is -13.3. The van der Waals surface area contributed by atoms with E-state index in [9.17, 15) is 0 Å². The summed E-state index contributed by atoms with van der Waals surface area (Å²) in [5.41, 5.74) is 30.7. The third-order valence-corrected chi connectivity index (χ3v) is 20.8. The average molecular weight is 1270 g/mol. The van der Waals surface area contributed by atoms with Crippen molar-refractivity contribution in [1.82, 2.24) is 18.3 Å². The van der Waals surface area contributed by atoms with Gasteiger partial charge in [0.15, 0.2) is 0 Å². The summed E-state index contributed by atoms with van der Waals surface area (Å²) in [7, 11) is 0. The van der Waals surface area contributed by atoms with E-state index in [0.717, 1.165) is 22.7 Å². The van der Waals surface area contributed by atoms with Gasteiger partial charge in [-0.05, 0) is 217 Å². The van der Waals surface area contributed by atoms with Gasteiger partial charge in [0.1, 0.15) is 0 Å². The van der Waals surface area contributed by atoms with Gasteiger partial charge < -0.3 is 18.3 Å². The number of hydrogen-bond acceptors (Lipinski definition) is 0. The third-order valence-electron chi connectivity index (χ3n) is 20.8. The second-order valence-corrected chi connectivity index (χ2v) is 26.4. The van der Waals surface area contributed by atoms with E-state index in [1.54, 1.807) is 0 Å². The minimum atomic E-state index is 1.14. The van der Waals surface area contributed by atoms with Gasteiger partial charge in [-0.2, -0.15) is 0 Å². The molecule has 0 aliphatic carbocycles. The largest absolute Gasteiger partial charge is 0.309 e. The van der Waals surface area contributed by atoms with Crippen LogP contribution < -0.4 is 0 Å². The van der Waals surface area contributed by atoms with E-state index in [-0.39, 0.29) is 0 Å². The molecule has 0 bridgehead atoms. The van der Waals surface area contributed by atoms with Crippen molar-refractivity contribution in [2.45, 2.75) is 0 Å². The van der Waals surface area contributed by atoms with Crippen LogP contribution in [0.3, 0.4) is 0 Å². The van der Waals surface area contributed by atoms with Crippen molar-refractivity contribution in [3.05, 3.63) is 376 Å². The van der Waals surface area contributed by atoms with E-state index >= 15 is 0 Å². The molecule has 20 rings (SSSR count). The van der Waals surface area contributed by atoms with Crippen molar-refractivity contribution < 1.29 is 0 Å². The SMILES string of the molecule is c1ccc(-c2cccc(-n3c4ccccc4c4cc(-c5ccc6c(c5)c5cc(-c7ccc(-c8ccc(-c9ccc%10c(c9)c9cc(-c%11ccc%12c(c%11)c%11cc(-c%13ccccc%13)ccc%11n%12-c%11ccccc%11)ccc9n%10-c9ccccc9)cc8)cc7)ccc5n6-c5ccccc5)ccc43)c2)cc1. The molecule has 4 heteroatoms. The highest BCUT2D eigenvalue weighted by molar-refractivity contribution is 6.16. The topological polar surface area (TPSA) is 19.7 Å². The highest BCUT2D eigenvalue weighted by Crippen LogP contribution is 2.44. The Labute approximate surface area is 578 Å². The Bertz CT molecular complexity index is 6580. The summed E-state index contributed by atoms with van der Waals surface area (Å²) in [6, 6.07) is 139. The molecule has 4 nitrogen and oxygen atoms in total. The zero-order valence-corrected chi connectivity index (χ0v) is 54.6. The molecule has 0 N–H and O–H groups in total. The number of para-hydroxylation sites is 4. The lowest BCUT2D eigenvalue weighted by molar-refractivity contribution is 1.18. The Kier molecular flexibility index (Phi) is 13.2. The molecule has 0 unspecified atom stereocenters. The van der Waals surface area contributed by atoms with E-state index in [1.165, 1.54) is 165 Å². The number of fused-ring (bicyclic) bond motifs is 12. The molecule has 0 aliphatic rings. The monoisotopic (exact) mass is 1270 g/mol. The van der Waals surface area contributed by atoms with Gasteiger partial charge in [0.2, 0.25) is 0 Å². The quantitative estimate of drug-likeness (QED) is 0.123. The molecule has 466 valence electrons. The fraction of sp³-hybridized carbons (Fsp3) is 0. The van der Waals surface area contributed by atoms with Gasteiger partial charge in [-0.3, -0.25) is 0 Å². The molecular weight excluding hydrogens is 1210 g/mol. The minimum Gasteiger partial charge on any atom is -0.309 e. The van der Waals surface area contributed by atoms with Crippen LogP contribution >= 0.6 is 0 Å². The molecule has 4 aromatic heterocycles. The van der Waals surface area contributed by atoms with Crippen LogP contribution in [0.15, 0.2) is 376 Å². The minimum absolute atomic E-state index is 1.14. The molecule has 20 aromatic rings. The second-order valence-electron chi connectivity index (χ2n) is 26.4. The predicted octanol–water partition coefficient (Wildman–Crippen LogP) is 25.7. The van der Waals surface area contributed by atoms with Crippen molar-refractivity contribution in [3.63, 3.8) is 0 Å². The first-order chi connectivity index (χ1) is 49.6. The maximum Gasteiger partial charge on any atom is 0.0541 e. The van der Waals surface area contributed by atoms with Crippen molar-refractivity contribution >= 4 is 87.2 Å². The molecule has 0 atom stereocenters. The number of benzene rings is 16. The first kappa shape index (κ1) is 57.0. The lowest BCUT2D eigenvalue weighted by Crippen LogP contribution is -1.94. The molecular formula is C96H62N4. The molecule has 4 heterocycles. The zero-order chi connectivity index (χ0) is 65.8. The maximum atomic E-state index is 2.42. The summed E-state index contributed by atoms with van der Waals surface area (Å²) >= 11 is 0. The maximum absolute atomic E-state index is 2.42. The Morgan fingerprint density at radius 2 is 0.300 bits per heavy atom. The average Bonchev–Trinajstić information content (AvgIpc) is 1.58. The van der Waals surface area contributed by atoms with Gasteiger partial charge in [0.05, 0.1) is 44.1 Å². The molecule has 0 saturated heterocycles. The standard InChI is InChI=1S/C96H62N4/c1-6-19-63(20-7-1)69-23-18-30-80(55-69)100-89-32-17-16-31-81(89)82-59-73(44-51-90(82)100)74-45-52-95-87(60-74)84-57-71(42-49-92(84)98(95)78-26-12-4-13-27-78)67-37-33-65(34-38-67)66-35-39-68(40-36-66)72-43-50-93-85(58-72)88-62-76(47-54-96(88)99(93)79-28-14-5-15-29-79)75-46-53-94-86(61-75)83-56-70(64-21-8-2-9-22-64)41-48-91(83)97(94)77-24-10-3-11-25-77/h1-62H. The molecule has 16 aromatic carbocycles. The first-order valence-electron chi connectivity index (χ1n) is 34.4. The summed E-state index contributed by atoms with van der Waals surface area (Å²) in [4.78, 5) is 0. The first-order valence-corrected chi connectivity index (χ1v) is 34.4. The van der Waals surface area contributed by atoms with Crippen molar-refractivity contribution in [2.24, 2.45) is 0 Å². The van der Waals surface area contributed by atoms with Crippen LogP contribution in [-0.4, -0.2) is 18.3 Å². The van der Waals surface area contributed by atoms with E-state index in [2.05, 4.69) is 394 Å². The summed E-state index contributed by atoms with van der Waals surface area (Å²) in [5, 5.41) is 9.81. The Balaban J connectivity index is 0.629. The van der Waals surface area contributed by atoms with Gasteiger partial charge in [-0.1, -0.05) is 237 Å². The summed E-state index contributed by atoms with van der Waals surface area (Å²) in [6.45, 7) is 0. The fourth-order valence-corrected chi connectivity index (χ4v) is 15.9. The highest BCUT2D eigenvalue weighted by Gasteiger charge is 2.21. The number of hydrogen-bond donors (Lipinski definition) is 0. The van der Waals surface area contributed by atoms with Crippen LogP contribution in [0.1, 0.15) is 0 Å². The van der Waals surface area contributed by atoms with Gasteiger partial charge in [-0.25, -0.2) is 0 Å². The van der Waals surface area contributed by atoms with Crippen LogP contribution in [-0.2, 0) is 0 Å². The van der Waals surface area contributed by atoms with Crippen LogP contribution in [0.2, 0.25) is 0 Å². The fourth-order valence-electron chi connectivity index (χ4n) is 15.9. The van der Waals surface area contributed by atoms with Crippen molar-refractivity contribution in [2.75, 3.05) is 0 Å². The number of aromatic nitrogens is 4. The summed E-state index contributed by atoms with van der Waals surface area (Å²) in [5.74, 6) is 0. The molecule has 0 radical (unpaired) electrons. The van der Waals surface area contributed by atoms with E-state index in [1.807, 2.05) is 0 Å². The molecule has 100 heavy (non-hydrogen) atoms. The van der Waals surface area contributed by atoms with E-state index in [4.69, 9.17) is 0 Å². The van der Waals surface area contributed by atoms with Crippen LogP contribution in [0.4, 0.5) is 0 Å². The zero-order valence-electron chi connectivity index (χ0n) is 54.6. The second kappa shape index (κ2) is 23.2. The molecule has 0 amide bonds. The molecule has 0 saturated carbocycles. The van der Waals surface area contributed by atoms with Gasteiger partial charge in [-0.15, -0.1) is 0 Å². The van der Waals surface area contributed by atoms with E-state index in [0.29, 0.717) is 0 Å². The number of rotatable bonds is 11. The van der Waals surface area contributed by atoms with Crippen LogP contribution in [0.25, 0.3) is 188 Å². The number of nitrogens with zero attached hydrogens (tertiary/aromatic N) is 4. The summed E-state index contributed by atoms with van der Waals surface area (Å²) in [6.07, 6.45) is 0. The van der Waals surface area contributed by atoms with Gasteiger partial charge in [0.25, 0.3) is 0 Å². The van der Waals surface area contributed by atoms with Crippen LogP contribution in [0.5, 0.6) is 0 Å². The van der Waals surface area contributed by atoms with Gasteiger partial charge in [0, 0.05) is 65.8 Å².